The Morgan fingerprint density at radius 3 is 2.83 bits per heavy atom. The number of benzene rings is 1. The minimum atomic E-state index is -0.135. The topological polar surface area (TPSA) is 15.3 Å². The molecule has 0 radical (unpaired) electrons. The van der Waals surface area contributed by atoms with Gasteiger partial charge in [-0.25, -0.2) is 4.39 Å². The van der Waals surface area contributed by atoms with E-state index < -0.39 is 0 Å². The van der Waals surface area contributed by atoms with Gasteiger partial charge in [-0.2, -0.15) is 0 Å². The Hall–Kier alpha value is -1.09. The minimum absolute atomic E-state index is 0.135. The van der Waals surface area contributed by atoms with Crippen LogP contribution in [0, 0.1) is 11.7 Å². The lowest BCUT2D eigenvalue weighted by Crippen LogP contribution is -2.37. The van der Waals surface area contributed by atoms with Gasteiger partial charge in [0.1, 0.15) is 5.82 Å². The number of hydrogen-bond acceptors (Lipinski definition) is 2. The highest BCUT2D eigenvalue weighted by molar-refractivity contribution is 5.58. The van der Waals surface area contributed by atoms with Gasteiger partial charge in [0, 0.05) is 31.4 Å². The van der Waals surface area contributed by atoms with Crippen molar-refractivity contribution in [2.45, 2.75) is 33.2 Å². The monoisotopic (exact) mass is 250 g/mol. The number of anilines is 1. The molecule has 2 rings (SSSR count). The Morgan fingerprint density at radius 2 is 2.11 bits per heavy atom. The molecule has 0 fully saturated rings. The predicted octanol–water partition coefficient (Wildman–Crippen LogP) is 2.82. The first kappa shape index (κ1) is 13.3. The average molecular weight is 250 g/mol. The van der Waals surface area contributed by atoms with Crippen LogP contribution < -0.4 is 10.2 Å². The maximum absolute atomic E-state index is 13.2. The van der Waals surface area contributed by atoms with Crippen LogP contribution in [0.5, 0.6) is 0 Å². The highest BCUT2D eigenvalue weighted by Crippen LogP contribution is 2.28. The molecule has 0 saturated carbocycles. The molecule has 0 saturated heterocycles. The van der Waals surface area contributed by atoms with Crippen molar-refractivity contribution in [2.24, 2.45) is 5.92 Å². The van der Waals surface area contributed by atoms with Crippen molar-refractivity contribution in [3.8, 4) is 0 Å². The summed E-state index contributed by atoms with van der Waals surface area (Å²) in [6.07, 6.45) is 1.04. The van der Waals surface area contributed by atoms with Crippen molar-refractivity contribution in [1.82, 2.24) is 5.32 Å². The van der Waals surface area contributed by atoms with Crippen molar-refractivity contribution in [3.05, 3.63) is 29.6 Å². The maximum Gasteiger partial charge on any atom is 0.125 e. The van der Waals surface area contributed by atoms with E-state index in [9.17, 15) is 4.39 Å². The number of nitrogens with zero attached hydrogens (tertiary/aromatic N) is 1. The first-order valence-electron chi connectivity index (χ1n) is 6.84. The van der Waals surface area contributed by atoms with Gasteiger partial charge in [-0.15, -0.1) is 0 Å². The normalized spacial score (nSPS) is 16.2. The van der Waals surface area contributed by atoms with Gasteiger partial charge in [-0.3, -0.25) is 0 Å². The second-order valence-corrected chi connectivity index (χ2v) is 5.50. The van der Waals surface area contributed by atoms with Gasteiger partial charge in [0.2, 0.25) is 0 Å². The van der Waals surface area contributed by atoms with Crippen LogP contribution in [0.25, 0.3) is 0 Å². The van der Waals surface area contributed by atoms with E-state index in [0.717, 1.165) is 31.7 Å². The maximum atomic E-state index is 13.2. The number of hydrogen-bond donors (Lipinski definition) is 1. The molecule has 1 heterocycles. The highest BCUT2D eigenvalue weighted by atomic mass is 19.1. The predicted molar refractivity (Wildman–Crippen MR) is 74.6 cm³/mol. The van der Waals surface area contributed by atoms with Crippen LogP contribution in [-0.4, -0.2) is 25.7 Å². The molecule has 3 heteroatoms. The number of fused-ring (bicyclic) bond motifs is 1. The third kappa shape index (κ3) is 3.02. The van der Waals surface area contributed by atoms with E-state index in [1.807, 2.05) is 6.07 Å². The molecule has 0 amide bonds. The first-order chi connectivity index (χ1) is 8.58. The summed E-state index contributed by atoms with van der Waals surface area (Å²) in [6.45, 7) is 9.57. The second-order valence-electron chi connectivity index (χ2n) is 5.50. The van der Waals surface area contributed by atoms with E-state index in [1.54, 1.807) is 12.1 Å². The van der Waals surface area contributed by atoms with E-state index in [0.29, 0.717) is 12.0 Å². The summed E-state index contributed by atoms with van der Waals surface area (Å²) in [5.74, 6) is 0.512. The molecule has 1 aliphatic heterocycles. The zero-order valence-electron chi connectivity index (χ0n) is 11.5. The van der Waals surface area contributed by atoms with Gasteiger partial charge in [0.25, 0.3) is 0 Å². The Bertz CT molecular complexity index is 403. The molecule has 2 nitrogen and oxygen atoms in total. The van der Waals surface area contributed by atoms with Crippen molar-refractivity contribution in [1.29, 1.82) is 0 Å². The average Bonchev–Trinajstić information content (AvgIpc) is 2.71. The summed E-state index contributed by atoms with van der Waals surface area (Å²) < 4.78 is 13.2. The quantitative estimate of drug-likeness (QED) is 0.864. The summed E-state index contributed by atoms with van der Waals surface area (Å²) in [5, 5.41) is 3.52. The van der Waals surface area contributed by atoms with Gasteiger partial charge in [-0.1, -0.05) is 19.9 Å². The number of halogens is 1. The lowest BCUT2D eigenvalue weighted by Gasteiger charge is -2.23. The molecule has 0 spiro atoms. The first-order valence-corrected chi connectivity index (χ1v) is 6.84. The van der Waals surface area contributed by atoms with Crippen molar-refractivity contribution >= 4 is 5.69 Å². The van der Waals surface area contributed by atoms with Gasteiger partial charge in [0.15, 0.2) is 0 Å². The zero-order chi connectivity index (χ0) is 13.1. The summed E-state index contributed by atoms with van der Waals surface area (Å²) in [7, 11) is 0. The lowest BCUT2D eigenvalue weighted by atomic mass is 10.1. The minimum Gasteiger partial charge on any atom is -0.370 e. The molecule has 1 aliphatic rings. The summed E-state index contributed by atoms with van der Waals surface area (Å²) in [5.41, 5.74) is 2.35. The fourth-order valence-corrected chi connectivity index (χ4v) is 2.31. The molecule has 1 unspecified atom stereocenters. The van der Waals surface area contributed by atoms with Crippen molar-refractivity contribution in [3.63, 3.8) is 0 Å². The zero-order valence-corrected chi connectivity index (χ0v) is 11.5. The van der Waals surface area contributed by atoms with Crippen LogP contribution in [0.1, 0.15) is 26.3 Å². The lowest BCUT2D eigenvalue weighted by molar-refractivity contribution is 0.430. The van der Waals surface area contributed by atoms with Gasteiger partial charge < -0.3 is 10.2 Å². The van der Waals surface area contributed by atoms with E-state index in [4.69, 9.17) is 0 Å². The number of nitrogens with one attached hydrogen (secondary N) is 1. The van der Waals surface area contributed by atoms with Gasteiger partial charge in [0.05, 0.1) is 0 Å². The second kappa shape index (κ2) is 5.70. The van der Waals surface area contributed by atoms with Crippen molar-refractivity contribution < 1.29 is 4.39 Å². The molecule has 100 valence electrons. The van der Waals surface area contributed by atoms with Gasteiger partial charge >= 0.3 is 0 Å². The van der Waals surface area contributed by atoms with E-state index >= 15 is 0 Å². The standard InChI is InChI=1S/C15H23FN2/c1-11(2)12(3)17-7-9-18-8-6-13-4-5-14(16)10-15(13)18/h4-5,10-12,17H,6-9H2,1-3H3. The van der Waals surface area contributed by atoms with E-state index in [2.05, 4.69) is 31.0 Å². The largest absolute Gasteiger partial charge is 0.370 e. The molecule has 1 N–H and O–H groups in total. The molecule has 1 atom stereocenters. The third-order valence-electron chi connectivity index (χ3n) is 3.89. The van der Waals surface area contributed by atoms with Crippen LogP contribution in [0.2, 0.25) is 0 Å². The molecular weight excluding hydrogens is 227 g/mol. The summed E-state index contributed by atoms with van der Waals surface area (Å²) in [6, 6.07) is 5.66. The molecule has 0 bridgehead atoms. The molecule has 0 aliphatic carbocycles. The SMILES string of the molecule is CC(C)C(C)NCCN1CCc2ccc(F)cc21. The Kier molecular flexibility index (Phi) is 4.23. The van der Waals surface area contributed by atoms with Crippen molar-refractivity contribution in [2.75, 3.05) is 24.5 Å². The molecule has 0 aromatic heterocycles. The Balaban J connectivity index is 1.88. The van der Waals surface area contributed by atoms with Crippen LogP contribution >= 0.6 is 0 Å². The number of rotatable bonds is 5. The Morgan fingerprint density at radius 1 is 1.33 bits per heavy atom. The molecule has 1 aromatic rings. The van der Waals surface area contributed by atoms with E-state index in [-0.39, 0.29) is 5.82 Å². The fourth-order valence-electron chi connectivity index (χ4n) is 2.31. The smallest absolute Gasteiger partial charge is 0.125 e. The van der Waals surface area contributed by atoms with E-state index in [1.165, 1.54) is 5.56 Å². The van der Waals surface area contributed by atoms with Crippen LogP contribution in [0.4, 0.5) is 10.1 Å². The molecule has 18 heavy (non-hydrogen) atoms. The molecule has 1 aromatic carbocycles. The molecular formula is C15H23FN2. The highest BCUT2D eigenvalue weighted by Gasteiger charge is 2.19. The van der Waals surface area contributed by atoms with Crippen LogP contribution in [0.3, 0.4) is 0 Å². The van der Waals surface area contributed by atoms with Gasteiger partial charge in [-0.05, 0) is 37.0 Å². The summed E-state index contributed by atoms with van der Waals surface area (Å²) >= 11 is 0. The fraction of sp³-hybridized carbons (Fsp3) is 0.600. The third-order valence-corrected chi connectivity index (χ3v) is 3.89. The van der Waals surface area contributed by atoms with Crippen LogP contribution in [-0.2, 0) is 6.42 Å². The summed E-state index contributed by atoms with van der Waals surface area (Å²) in [4.78, 5) is 2.28. The Labute approximate surface area is 109 Å². The van der Waals surface area contributed by atoms with Crippen LogP contribution in [0.15, 0.2) is 18.2 Å².